The summed E-state index contributed by atoms with van der Waals surface area (Å²) in [4.78, 5) is 26.6. The SMILES string of the molecule is CN(CC(=O)O)C(=O)c1csc(N)n1. The topological polar surface area (TPSA) is 96.5 Å². The van der Waals surface area contributed by atoms with E-state index < -0.39 is 11.9 Å². The van der Waals surface area contributed by atoms with Gasteiger partial charge in [0, 0.05) is 12.4 Å². The van der Waals surface area contributed by atoms with Crippen LogP contribution in [0.5, 0.6) is 0 Å². The lowest BCUT2D eigenvalue weighted by molar-refractivity contribution is -0.137. The molecule has 6 nitrogen and oxygen atoms in total. The zero-order valence-electron chi connectivity index (χ0n) is 7.43. The average Bonchev–Trinajstić information content (AvgIpc) is 2.49. The molecule has 0 atom stereocenters. The molecule has 0 aromatic carbocycles. The monoisotopic (exact) mass is 215 g/mol. The zero-order chi connectivity index (χ0) is 10.7. The van der Waals surface area contributed by atoms with Crippen molar-refractivity contribution in [2.75, 3.05) is 19.3 Å². The Morgan fingerprint density at radius 1 is 1.71 bits per heavy atom. The van der Waals surface area contributed by atoms with Crippen LogP contribution in [0.25, 0.3) is 0 Å². The van der Waals surface area contributed by atoms with Crippen LogP contribution < -0.4 is 5.73 Å². The average molecular weight is 215 g/mol. The van der Waals surface area contributed by atoms with Gasteiger partial charge in [-0.05, 0) is 0 Å². The molecule has 3 N–H and O–H groups in total. The molecule has 0 aliphatic heterocycles. The summed E-state index contributed by atoms with van der Waals surface area (Å²) in [7, 11) is 1.39. The Kier molecular flexibility index (Phi) is 3.03. The van der Waals surface area contributed by atoms with Crippen molar-refractivity contribution in [1.29, 1.82) is 0 Å². The molecule has 0 bridgehead atoms. The highest BCUT2D eigenvalue weighted by molar-refractivity contribution is 7.13. The van der Waals surface area contributed by atoms with Crippen LogP contribution in [0, 0.1) is 0 Å². The number of nitrogens with two attached hydrogens (primary N) is 1. The number of hydrogen-bond acceptors (Lipinski definition) is 5. The van der Waals surface area contributed by atoms with E-state index in [4.69, 9.17) is 10.8 Å². The molecular weight excluding hydrogens is 206 g/mol. The van der Waals surface area contributed by atoms with Crippen molar-refractivity contribution in [3.8, 4) is 0 Å². The molecule has 1 aromatic heterocycles. The summed E-state index contributed by atoms with van der Waals surface area (Å²) in [6.07, 6.45) is 0. The van der Waals surface area contributed by atoms with Gasteiger partial charge in [-0.15, -0.1) is 11.3 Å². The van der Waals surface area contributed by atoms with E-state index in [9.17, 15) is 9.59 Å². The number of carboxylic acids is 1. The zero-order valence-corrected chi connectivity index (χ0v) is 8.24. The van der Waals surface area contributed by atoms with Gasteiger partial charge < -0.3 is 15.7 Å². The minimum Gasteiger partial charge on any atom is -0.480 e. The van der Waals surface area contributed by atoms with Crippen molar-refractivity contribution in [3.05, 3.63) is 11.1 Å². The highest BCUT2D eigenvalue weighted by Gasteiger charge is 2.16. The van der Waals surface area contributed by atoms with Crippen LogP contribution in [0.1, 0.15) is 10.5 Å². The third kappa shape index (κ3) is 2.43. The van der Waals surface area contributed by atoms with Gasteiger partial charge in [0.25, 0.3) is 5.91 Å². The number of carboxylic acid groups (broad SMARTS) is 1. The van der Waals surface area contributed by atoms with Crippen LogP contribution >= 0.6 is 11.3 Å². The van der Waals surface area contributed by atoms with E-state index in [-0.39, 0.29) is 17.4 Å². The van der Waals surface area contributed by atoms with Gasteiger partial charge in [0.05, 0.1) is 0 Å². The molecule has 1 amide bonds. The maximum Gasteiger partial charge on any atom is 0.323 e. The molecule has 1 heterocycles. The van der Waals surface area contributed by atoms with E-state index in [1.165, 1.54) is 12.4 Å². The fourth-order valence-corrected chi connectivity index (χ4v) is 1.39. The minimum absolute atomic E-state index is 0.177. The summed E-state index contributed by atoms with van der Waals surface area (Å²) in [6, 6.07) is 0. The van der Waals surface area contributed by atoms with Gasteiger partial charge in [0.1, 0.15) is 12.2 Å². The van der Waals surface area contributed by atoms with Gasteiger partial charge in [-0.3, -0.25) is 9.59 Å². The van der Waals surface area contributed by atoms with Crippen molar-refractivity contribution in [3.63, 3.8) is 0 Å². The van der Waals surface area contributed by atoms with Crippen LogP contribution in [0.4, 0.5) is 5.13 Å². The summed E-state index contributed by atoms with van der Waals surface area (Å²) in [5.74, 6) is -1.51. The smallest absolute Gasteiger partial charge is 0.323 e. The molecule has 14 heavy (non-hydrogen) atoms. The second kappa shape index (κ2) is 4.05. The Morgan fingerprint density at radius 2 is 2.36 bits per heavy atom. The van der Waals surface area contributed by atoms with E-state index >= 15 is 0 Å². The lowest BCUT2D eigenvalue weighted by Gasteiger charge is -2.12. The number of carbonyl (C=O) groups excluding carboxylic acids is 1. The van der Waals surface area contributed by atoms with Crippen LogP contribution in [0.15, 0.2) is 5.38 Å². The predicted molar refractivity (Wildman–Crippen MR) is 51.1 cm³/mol. The molecule has 1 rings (SSSR count). The number of aromatic nitrogens is 1. The third-order valence-electron chi connectivity index (χ3n) is 1.46. The number of thiazole rings is 1. The molecule has 76 valence electrons. The van der Waals surface area contributed by atoms with E-state index in [1.807, 2.05) is 0 Å². The number of carbonyl (C=O) groups is 2. The molecule has 0 unspecified atom stereocenters. The van der Waals surface area contributed by atoms with Crippen molar-refractivity contribution in [1.82, 2.24) is 9.88 Å². The molecule has 1 aromatic rings. The number of aliphatic carboxylic acids is 1. The summed E-state index contributed by atoms with van der Waals surface area (Å²) in [6.45, 7) is -0.351. The minimum atomic E-state index is -1.07. The van der Waals surface area contributed by atoms with Gasteiger partial charge in [0.15, 0.2) is 5.13 Å². The Labute approximate surface area is 84.0 Å². The first-order chi connectivity index (χ1) is 6.50. The maximum absolute atomic E-state index is 11.4. The van der Waals surface area contributed by atoms with Gasteiger partial charge in [0.2, 0.25) is 0 Å². The predicted octanol–water partition coefficient (Wildman–Crippen LogP) is -0.118. The van der Waals surface area contributed by atoms with Crippen molar-refractivity contribution in [2.24, 2.45) is 0 Å². The molecule has 0 radical (unpaired) electrons. The molecule has 0 fully saturated rings. The standard InChI is InChI=1S/C7H9N3O3S/c1-10(2-5(11)12)6(13)4-3-14-7(8)9-4/h3H,2H2,1H3,(H2,8,9)(H,11,12). The molecule has 0 spiro atoms. The van der Waals surface area contributed by atoms with Crippen LogP contribution in [0.2, 0.25) is 0 Å². The summed E-state index contributed by atoms with van der Waals surface area (Å²) in [5, 5.41) is 10.2. The fraction of sp³-hybridized carbons (Fsp3) is 0.286. The van der Waals surface area contributed by atoms with Gasteiger partial charge >= 0.3 is 5.97 Å². The van der Waals surface area contributed by atoms with E-state index in [0.717, 1.165) is 16.2 Å². The molecule has 0 saturated carbocycles. The van der Waals surface area contributed by atoms with Gasteiger partial charge in [-0.25, -0.2) is 4.98 Å². The number of hydrogen-bond donors (Lipinski definition) is 2. The van der Waals surface area contributed by atoms with Crippen LogP contribution in [0.3, 0.4) is 0 Å². The molecule has 0 aliphatic rings. The second-order valence-electron chi connectivity index (χ2n) is 2.63. The largest absolute Gasteiger partial charge is 0.480 e. The molecule has 0 aliphatic carbocycles. The first-order valence-corrected chi connectivity index (χ1v) is 4.57. The Morgan fingerprint density at radius 3 is 2.79 bits per heavy atom. The Hall–Kier alpha value is -1.63. The van der Waals surface area contributed by atoms with Gasteiger partial charge in [-0.1, -0.05) is 0 Å². The first-order valence-electron chi connectivity index (χ1n) is 3.69. The lowest BCUT2D eigenvalue weighted by Crippen LogP contribution is -2.32. The van der Waals surface area contributed by atoms with Crippen molar-refractivity contribution < 1.29 is 14.7 Å². The van der Waals surface area contributed by atoms with E-state index in [0.29, 0.717) is 0 Å². The van der Waals surface area contributed by atoms with Crippen molar-refractivity contribution in [2.45, 2.75) is 0 Å². The third-order valence-corrected chi connectivity index (χ3v) is 2.13. The number of nitrogens with zero attached hydrogens (tertiary/aromatic N) is 2. The number of likely N-dealkylation sites (N-methyl/N-ethyl adjacent to an activating group) is 1. The number of amides is 1. The van der Waals surface area contributed by atoms with E-state index in [1.54, 1.807) is 0 Å². The summed E-state index contributed by atoms with van der Waals surface area (Å²) < 4.78 is 0. The normalized spacial score (nSPS) is 9.79. The number of anilines is 1. The molecule has 0 saturated heterocycles. The second-order valence-corrected chi connectivity index (χ2v) is 3.52. The number of rotatable bonds is 3. The highest BCUT2D eigenvalue weighted by Crippen LogP contribution is 2.12. The van der Waals surface area contributed by atoms with Crippen LogP contribution in [-0.2, 0) is 4.79 Å². The first kappa shape index (κ1) is 10.5. The lowest BCUT2D eigenvalue weighted by atomic mass is 10.4. The maximum atomic E-state index is 11.4. The van der Waals surface area contributed by atoms with Crippen molar-refractivity contribution >= 4 is 28.3 Å². The quantitative estimate of drug-likeness (QED) is 0.732. The molecule has 7 heteroatoms. The molecular formula is C7H9N3O3S. The fourth-order valence-electron chi connectivity index (χ4n) is 0.856. The van der Waals surface area contributed by atoms with Crippen LogP contribution in [-0.4, -0.2) is 40.5 Å². The van der Waals surface area contributed by atoms with Gasteiger partial charge in [-0.2, -0.15) is 0 Å². The summed E-state index contributed by atoms with van der Waals surface area (Å²) >= 11 is 1.14. The Balaban J connectivity index is 2.70. The Bertz CT molecular complexity index is 363. The van der Waals surface area contributed by atoms with E-state index in [2.05, 4.69) is 4.98 Å². The summed E-state index contributed by atoms with van der Waals surface area (Å²) in [5.41, 5.74) is 5.52. The number of nitrogen functional groups attached to an aromatic ring is 1. The highest BCUT2D eigenvalue weighted by atomic mass is 32.1.